The average Bonchev–Trinajstić information content (AvgIpc) is 2.13. The number of ether oxygens (including phenoxy) is 1. The van der Waals surface area contributed by atoms with Crippen LogP contribution in [0.25, 0.3) is 0 Å². The molecular formula is C11H11BrO3. The van der Waals surface area contributed by atoms with Crippen molar-refractivity contribution in [1.29, 1.82) is 0 Å². The monoisotopic (exact) mass is 270 g/mol. The number of aliphatic carboxylic acids is 1. The van der Waals surface area contributed by atoms with Gasteiger partial charge in [0, 0.05) is 10.9 Å². The standard InChI is InChI=1S/C11H11BrO3/c12-9-3-1-8(2-4-9)11(5-6-15-11)7-10(13)14/h1-4H,5-7H2,(H,13,14). The van der Waals surface area contributed by atoms with Gasteiger partial charge in [0.25, 0.3) is 0 Å². The first-order valence-electron chi connectivity index (χ1n) is 4.74. The summed E-state index contributed by atoms with van der Waals surface area (Å²) in [6.45, 7) is 0.642. The predicted molar refractivity (Wildman–Crippen MR) is 58.6 cm³/mol. The largest absolute Gasteiger partial charge is 0.481 e. The Hall–Kier alpha value is -0.870. The predicted octanol–water partition coefficient (Wildman–Crippen LogP) is 2.54. The molecule has 0 aromatic heterocycles. The Morgan fingerprint density at radius 3 is 2.47 bits per heavy atom. The summed E-state index contributed by atoms with van der Waals surface area (Å²) in [4.78, 5) is 10.8. The maximum Gasteiger partial charge on any atom is 0.306 e. The summed E-state index contributed by atoms with van der Waals surface area (Å²) in [6.07, 6.45) is 0.815. The molecule has 0 amide bonds. The van der Waals surface area contributed by atoms with E-state index in [1.165, 1.54) is 0 Å². The second-order valence-corrected chi connectivity index (χ2v) is 4.59. The molecule has 1 saturated heterocycles. The molecule has 1 unspecified atom stereocenters. The number of halogens is 1. The fraction of sp³-hybridized carbons (Fsp3) is 0.364. The second kappa shape index (κ2) is 3.94. The molecule has 3 nitrogen and oxygen atoms in total. The molecule has 0 spiro atoms. The highest BCUT2D eigenvalue weighted by molar-refractivity contribution is 9.10. The van der Waals surface area contributed by atoms with E-state index in [-0.39, 0.29) is 6.42 Å². The van der Waals surface area contributed by atoms with Crippen LogP contribution in [0.3, 0.4) is 0 Å². The van der Waals surface area contributed by atoms with Crippen LogP contribution in [0.2, 0.25) is 0 Å². The number of hydrogen-bond acceptors (Lipinski definition) is 2. The first-order valence-corrected chi connectivity index (χ1v) is 5.53. The van der Waals surface area contributed by atoms with Crippen LogP contribution in [-0.4, -0.2) is 17.7 Å². The third kappa shape index (κ3) is 2.06. The Bertz CT molecular complexity index is 368. The van der Waals surface area contributed by atoms with E-state index in [9.17, 15) is 4.79 Å². The molecule has 2 rings (SSSR count). The van der Waals surface area contributed by atoms with Gasteiger partial charge in [0.05, 0.1) is 13.0 Å². The molecule has 1 aromatic carbocycles. The fourth-order valence-corrected chi connectivity index (χ4v) is 2.08. The lowest BCUT2D eigenvalue weighted by atomic mass is 9.83. The van der Waals surface area contributed by atoms with Crippen molar-refractivity contribution in [3.63, 3.8) is 0 Å². The van der Waals surface area contributed by atoms with Crippen molar-refractivity contribution < 1.29 is 14.6 Å². The summed E-state index contributed by atoms with van der Waals surface area (Å²) in [5, 5.41) is 8.84. The number of carbonyl (C=O) groups is 1. The molecule has 0 aliphatic carbocycles. The van der Waals surface area contributed by atoms with Crippen molar-refractivity contribution in [3.05, 3.63) is 34.3 Å². The number of carboxylic acids is 1. The highest BCUT2D eigenvalue weighted by Gasteiger charge is 2.42. The molecular weight excluding hydrogens is 260 g/mol. The highest BCUT2D eigenvalue weighted by atomic mass is 79.9. The van der Waals surface area contributed by atoms with Crippen molar-refractivity contribution in [2.75, 3.05) is 6.61 Å². The topological polar surface area (TPSA) is 46.5 Å². The molecule has 1 atom stereocenters. The Balaban J connectivity index is 2.26. The summed E-state index contributed by atoms with van der Waals surface area (Å²) in [5.41, 5.74) is 0.353. The van der Waals surface area contributed by atoms with Crippen LogP contribution in [0.15, 0.2) is 28.7 Å². The normalized spacial score (nSPS) is 24.6. The van der Waals surface area contributed by atoms with Crippen LogP contribution >= 0.6 is 15.9 Å². The number of carboxylic acid groups (broad SMARTS) is 1. The van der Waals surface area contributed by atoms with Crippen LogP contribution in [0.4, 0.5) is 0 Å². The zero-order valence-electron chi connectivity index (χ0n) is 8.07. The minimum absolute atomic E-state index is 0.0363. The van der Waals surface area contributed by atoms with Gasteiger partial charge < -0.3 is 9.84 Å². The molecule has 1 aliphatic heterocycles. The number of rotatable bonds is 3. The van der Waals surface area contributed by atoms with E-state index in [0.29, 0.717) is 6.61 Å². The highest BCUT2D eigenvalue weighted by Crippen LogP contribution is 2.40. The van der Waals surface area contributed by atoms with Gasteiger partial charge >= 0.3 is 5.97 Å². The molecule has 1 heterocycles. The van der Waals surface area contributed by atoms with Gasteiger partial charge in [-0.2, -0.15) is 0 Å². The molecule has 80 valence electrons. The van der Waals surface area contributed by atoms with E-state index in [4.69, 9.17) is 9.84 Å². The number of benzene rings is 1. The van der Waals surface area contributed by atoms with Crippen LogP contribution in [0, 0.1) is 0 Å². The molecule has 4 heteroatoms. The van der Waals surface area contributed by atoms with Gasteiger partial charge in [-0.05, 0) is 17.7 Å². The minimum atomic E-state index is -0.822. The third-order valence-corrected chi connectivity index (χ3v) is 3.22. The second-order valence-electron chi connectivity index (χ2n) is 3.67. The summed E-state index contributed by atoms with van der Waals surface area (Å²) >= 11 is 3.35. The Morgan fingerprint density at radius 2 is 2.07 bits per heavy atom. The Labute approximate surface area is 96.2 Å². The maximum atomic E-state index is 10.8. The van der Waals surface area contributed by atoms with Gasteiger partial charge in [0.2, 0.25) is 0 Å². The van der Waals surface area contributed by atoms with Crippen molar-refractivity contribution in [1.82, 2.24) is 0 Å². The Kier molecular flexibility index (Phi) is 2.80. The van der Waals surface area contributed by atoms with E-state index >= 15 is 0 Å². The van der Waals surface area contributed by atoms with Crippen molar-refractivity contribution in [2.45, 2.75) is 18.4 Å². The SMILES string of the molecule is O=C(O)CC1(c2ccc(Br)cc2)CCO1. The molecule has 0 bridgehead atoms. The van der Waals surface area contributed by atoms with Gasteiger partial charge in [-0.3, -0.25) is 4.79 Å². The van der Waals surface area contributed by atoms with Gasteiger partial charge in [0.1, 0.15) is 5.60 Å². The van der Waals surface area contributed by atoms with E-state index in [1.807, 2.05) is 24.3 Å². The first kappa shape index (κ1) is 10.6. The van der Waals surface area contributed by atoms with Crippen molar-refractivity contribution in [3.8, 4) is 0 Å². The summed E-state index contributed by atoms with van der Waals surface area (Å²) in [7, 11) is 0. The van der Waals surface area contributed by atoms with E-state index < -0.39 is 11.6 Å². The molecule has 1 fully saturated rings. The average molecular weight is 271 g/mol. The lowest BCUT2D eigenvalue weighted by molar-refractivity contribution is -0.176. The zero-order chi connectivity index (χ0) is 10.9. The maximum absolute atomic E-state index is 10.8. The Morgan fingerprint density at radius 1 is 1.47 bits per heavy atom. The summed E-state index contributed by atoms with van der Waals surface area (Å²) in [6, 6.07) is 7.62. The van der Waals surface area contributed by atoms with Crippen molar-refractivity contribution in [2.24, 2.45) is 0 Å². The van der Waals surface area contributed by atoms with Gasteiger partial charge in [-0.25, -0.2) is 0 Å². The zero-order valence-corrected chi connectivity index (χ0v) is 9.66. The summed E-state index contributed by atoms with van der Waals surface area (Å²) in [5.74, 6) is -0.822. The van der Waals surface area contributed by atoms with Crippen LogP contribution < -0.4 is 0 Å². The van der Waals surface area contributed by atoms with Gasteiger partial charge in [-0.15, -0.1) is 0 Å². The summed E-state index contributed by atoms with van der Waals surface area (Å²) < 4.78 is 6.44. The van der Waals surface area contributed by atoms with Crippen LogP contribution in [0.1, 0.15) is 18.4 Å². The van der Waals surface area contributed by atoms with E-state index in [0.717, 1.165) is 16.5 Å². The lowest BCUT2D eigenvalue weighted by Gasteiger charge is -2.41. The third-order valence-electron chi connectivity index (χ3n) is 2.69. The van der Waals surface area contributed by atoms with Crippen LogP contribution in [-0.2, 0) is 15.1 Å². The molecule has 15 heavy (non-hydrogen) atoms. The smallest absolute Gasteiger partial charge is 0.306 e. The van der Waals surface area contributed by atoms with E-state index in [1.54, 1.807) is 0 Å². The quantitative estimate of drug-likeness (QED) is 0.918. The first-order chi connectivity index (χ1) is 7.12. The van der Waals surface area contributed by atoms with Crippen molar-refractivity contribution >= 4 is 21.9 Å². The van der Waals surface area contributed by atoms with Crippen LogP contribution in [0.5, 0.6) is 0 Å². The minimum Gasteiger partial charge on any atom is -0.481 e. The fourth-order valence-electron chi connectivity index (χ4n) is 1.82. The van der Waals surface area contributed by atoms with Gasteiger partial charge in [0.15, 0.2) is 0 Å². The molecule has 0 radical (unpaired) electrons. The molecule has 1 aromatic rings. The van der Waals surface area contributed by atoms with Gasteiger partial charge in [-0.1, -0.05) is 28.1 Å². The molecule has 1 aliphatic rings. The lowest BCUT2D eigenvalue weighted by Crippen LogP contribution is -2.42. The molecule has 1 N–H and O–H groups in total. The number of hydrogen-bond donors (Lipinski definition) is 1. The molecule has 0 saturated carbocycles. The van der Waals surface area contributed by atoms with E-state index in [2.05, 4.69) is 15.9 Å².